The van der Waals surface area contributed by atoms with Crippen molar-refractivity contribution in [3.63, 3.8) is 0 Å². The predicted octanol–water partition coefficient (Wildman–Crippen LogP) is 5.69. The molecule has 3 aromatic carbocycles. The number of rotatable bonds is 5. The van der Waals surface area contributed by atoms with Gasteiger partial charge in [-0.1, -0.05) is 24.3 Å². The zero-order valence-electron chi connectivity index (χ0n) is 24.5. The summed E-state index contributed by atoms with van der Waals surface area (Å²) in [5.41, 5.74) is 6.39. The van der Waals surface area contributed by atoms with E-state index in [1.807, 2.05) is 62.5 Å². The van der Waals surface area contributed by atoms with Gasteiger partial charge < -0.3 is 14.2 Å². The fourth-order valence-electron chi connectivity index (χ4n) is 5.94. The van der Waals surface area contributed by atoms with E-state index in [-0.39, 0.29) is 30.6 Å². The minimum Gasteiger partial charge on any atom is -0.490 e. The monoisotopic (exact) mass is 584 g/mol. The number of aromatic nitrogens is 2. The summed E-state index contributed by atoms with van der Waals surface area (Å²) in [4.78, 5) is 28.5. The van der Waals surface area contributed by atoms with Crippen LogP contribution in [0.2, 0.25) is 0 Å². The Morgan fingerprint density at radius 1 is 1.02 bits per heavy atom. The molecule has 1 aromatic heterocycles. The lowest BCUT2D eigenvalue weighted by Crippen LogP contribution is -2.42. The van der Waals surface area contributed by atoms with Crippen molar-refractivity contribution in [3.8, 4) is 40.3 Å². The van der Waals surface area contributed by atoms with Crippen LogP contribution in [-0.4, -0.2) is 39.4 Å². The highest BCUT2D eigenvalue weighted by Crippen LogP contribution is 2.39. The SMILES string of the molecule is CC1=C(C#N)C(=O)N(Cc2ccc3c(c2)OCO3)C(=O)/C1=C/c1cn(-c2ccccc2)nc1-c1cc(C)c2c(c1)CC(C)O2. The molecule has 7 rings (SSSR count). The maximum atomic E-state index is 14.0. The number of nitrogens with zero attached hydrogens (tertiary/aromatic N) is 4. The van der Waals surface area contributed by atoms with Crippen molar-refractivity contribution in [2.45, 2.75) is 39.8 Å². The number of aryl methyl sites for hydroxylation is 1. The Bertz CT molecular complexity index is 1960. The van der Waals surface area contributed by atoms with Crippen molar-refractivity contribution in [1.82, 2.24) is 14.7 Å². The van der Waals surface area contributed by atoms with Gasteiger partial charge in [-0.3, -0.25) is 14.5 Å². The van der Waals surface area contributed by atoms with Gasteiger partial charge in [0.1, 0.15) is 23.5 Å². The van der Waals surface area contributed by atoms with Gasteiger partial charge in [0.15, 0.2) is 11.5 Å². The Morgan fingerprint density at radius 3 is 2.61 bits per heavy atom. The number of carbonyl (C=O) groups is 2. The fourth-order valence-corrected chi connectivity index (χ4v) is 5.94. The lowest BCUT2D eigenvalue weighted by molar-refractivity contribution is -0.141. The molecule has 3 aliphatic rings. The Hall–Kier alpha value is -5.62. The number of imide groups is 1. The second kappa shape index (κ2) is 10.6. The highest BCUT2D eigenvalue weighted by Gasteiger charge is 2.36. The number of ether oxygens (including phenoxy) is 3. The average Bonchev–Trinajstić information content (AvgIpc) is 3.76. The molecule has 0 spiro atoms. The number of hydrogen-bond acceptors (Lipinski definition) is 7. The maximum Gasteiger partial charge on any atom is 0.271 e. The van der Waals surface area contributed by atoms with Crippen molar-refractivity contribution < 1.29 is 23.8 Å². The number of nitriles is 1. The summed E-state index contributed by atoms with van der Waals surface area (Å²) in [6.45, 7) is 5.79. The van der Waals surface area contributed by atoms with Gasteiger partial charge in [-0.2, -0.15) is 10.4 Å². The van der Waals surface area contributed by atoms with E-state index in [4.69, 9.17) is 19.3 Å². The summed E-state index contributed by atoms with van der Waals surface area (Å²) in [6.07, 6.45) is 4.48. The first-order valence-corrected chi connectivity index (χ1v) is 14.3. The van der Waals surface area contributed by atoms with E-state index in [0.717, 1.165) is 39.4 Å². The molecule has 1 atom stereocenters. The Balaban J connectivity index is 1.34. The average molecular weight is 585 g/mol. The molecule has 9 nitrogen and oxygen atoms in total. The third kappa shape index (κ3) is 4.61. The van der Waals surface area contributed by atoms with Gasteiger partial charge in [0.25, 0.3) is 11.8 Å². The van der Waals surface area contributed by atoms with Gasteiger partial charge >= 0.3 is 0 Å². The van der Waals surface area contributed by atoms with E-state index in [1.165, 1.54) is 0 Å². The Morgan fingerprint density at radius 2 is 1.82 bits per heavy atom. The molecule has 218 valence electrons. The minimum absolute atomic E-state index is 0.0254. The summed E-state index contributed by atoms with van der Waals surface area (Å²) in [6, 6.07) is 21.1. The number of para-hydroxylation sites is 1. The van der Waals surface area contributed by atoms with E-state index in [9.17, 15) is 14.9 Å². The number of amides is 2. The molecule has 3 aliphatic heterocycles. The van der Waals surface area contributed by atoms with Gasteiger partial charge in [0.2, 0.25) is 6.79 Å². The zero-order valence-corrected chi connectivity index (χ0v) is 24.5. The molecule has 4 heterocycles. The molecule has 2 amide bonds. The van der Waals surface area contributed by atoms with Crippen LogP contribution < -0.4 is 14.2 Å². The number of benzene rings is 3. The molecule has 0 saturated heterocycles. The van der Waals surface area contributed by atoms with E-state index in [2.05, 4.69) is 6.07 Å². The minimum atomic E-state index is -0.631. The zero-order chi connectivity index (χ0) is 30.5. The van der Waals surface area contributed by atoms with Gasteiger partial charge in [-0.25, -0.2) is 4.68 Å². The van der Waals surface area contributed by atoms with Crippen LogP contribution in [0.3, 0.4) is 0 Å². The summed E-state index contributed by atoms with van der Waals surface area (Å²) < 4.78 is 18.7. The van der Waals surface area contributed by atoms with Crippen molar-refractivity contribution in [2.24, 2.45) is 0 Å². The maximum absolute atomic E-state index is 14.0. The van der Waals surface area contributed by atoms with Crippen LogP contribution in [0.4, 0.5) is 0 Å². The number of hydrogen-bond donors (Lipinski definition) is 0. The third-order valence-electron chi connectivity index (χ3n) is 8.12. The van der Waals surface area contributed by atoms with Crippen LogP contribution in [-0.2, 0) is 22.6 Å². The van der Waals surface area contributed by atoms with Crippen LogP contribution in [0.15, 0.2) is 83.6 Å². The molecule has 0 saturated carbocycles. The van der Waals surface area contributed by atoms with Crippen LogP contribution >= 0.6 is 0 Å². The third-order valence-corrected chi connectivity index (χ3v) is 8.12. The predicted molar refractivity (Wildman–Crippen MR) is 162 cm³/mol. The normalized spacial score (nSPS) is 18.1. The van der Waals surface area contributed by atoms with E-state index < -0.39 is 11.8 Å². The van der Waals surface area contributed by atoms with Crippen LogP contribution in [0.5, 0.6) is 17.2 Å². The smallest absolute Gasteiger partial charge is 0.271 e. The van der Waals surface area contributed by atoms with Gasteiger partial charge in [0.05, 0.1) is 17.9 Å². The van der Waals surface area contributed by atoms with Crippen molar-refractivity contribution in [1.29, 1.82) is 5.26 Å². The molecular formula is C35H28N4O5. The van der Waals surface area contributed by atoms with E-state index in [1.54, 1.807) is 35.9 Å². The first-order valence-electron chi connectivity index (χ1n) is 14.3. The molecular weight excluding hydrogens is 556 g/mol. The van der Waals surface area contributed by atoms with Crippen LogP contribution in [0.1, 0.15) is 36.1 Å². The molecule has 0 N–H and O–H groups in total. The van der Waals surface area contributed by atoms with Gasteiger partial charge in [-0.15, -0.1) is 0 Å². The highest BCUT2D eigenvalue weighted by molar-refractivity contribution is 6.19. The van der Waals surface area contributed by atoms with E-state index >= 15 is 0 Å². The highest BCUT2D eigenvalue weighted by atomic mass is 16.7. The van der Waals surface area contributed by atoms with Crippen LogP contribution in [0.25, 0.3) is 23.0 Å². The molecule has 0 radical (unpaired) electrons. The summed E-state index contributed by atoms with van der Waals surface area (Å²) >= 11 is 0. The molecule has 0 bridgehead atoms. The first-order chi connectivity index (χ1) is 21.3. The summed E-state index contributed by atoms with van der Waals surface area (Å²) in [5.74, 6) is 0.930. The second-order valence-electron chi connectivity index (χ2n) is 11.2. The molecule has 0 aliphatic carbocycles. The second-order valence-corrected chi connectivity index (χ2v) is 11.2. The molecule has 44 heavy (non-hydrogen) atoms. The molecule has 9 heteroatoms. The van der Waals surface area contributed by atoms with Gasteiger partial charge in [0, 0.05) is 29.3 Å². The number of fused-ring (bicyclic) bond motifs is 2. The van der Waals surface area contributed by atoms with E-state index in [0.29, 0.717) is 33.9 Å². The van der Waals surface area contributed by atoms with Gasteiger partial charge in [-0.05, 0) is 85.5 Å². The molecule has 1 unspecified atom stereocenters. The number of carbonyl (C=O) groups excluding carboxylic acids is 2. The van der Waals surface area contributed by atoms with Crippen molar-refractivity contribution in [2.75, 3.05) is 6.79 Å². The topological polar surface area (TPSA) is 107 Å². The lowest BCUT2D eigenvalue weighted by atomic mass is 9.92. The quantitative estimate of drug-likeness (QED) is 0.219. The Kier molecular flexibility index (Phi) is 6.55. The van der Waals surface area contributed by atoms with Crippen molar-refractivity contribution >= 4 is 17.9 Å². The fraction of sp³-hybridized carbons (Fsp3) is 0.200. The standard InChI is InChI=1S/C35H28N4O5/c1-20-11-24(14-25-12-21(2)44-33(20)25)32-26(18-39(37-32)27-7-5-4-6-8-27)15-28-22(3)29(16-36)35(41)38(34(28)40)17-23-9-10-30-31(13-23)43-19-42-30/h4-11,13-15,18,21H,12,17,19H2,1-3H3/b28-15+. The molecule has 4 aromatic rings. The van der Waals surface area contributed by atoms with Crippen LogP contribution in [0, 0.1) is 18.3 Å². The first kappa shape index (κ1) is 27.2. The summed E-state index contributed by atoms with van der Waals surface area (Å²) in [7, 11) is 0. The summed E-state index contributed by atoms with van der Waals surface area (Å²) in [5, 5.41) is 14.9. The molecule has 0 fully saturated rings. The van der Waals surface area contributed by atoms with Crippen molar-refractivity contribution in [3.05, 3.63) is 106 Å². The largest absolute Gasteiger partial charge is 0.490 e. The Labute approximate surface area is 254 Å². The lowest BCUT2D eigenvalue weighted by Gasteiger charge is -2.27.